The molecule has 0 saturated carbocycles. The number of carbonyl (C=O) groups is 1. The number of halogens is 1. The van der Waals surface area contributed by atoms with E-state index in [-0.39, 0.29) is 5.56 Å². The summed E-state index contributed by atoms with van der Waals surface area (Å²) in [6.45, 7) is 0. The van der Waals surface area contributed by atoms with Gasteiger partial charge in [-0.1, -0.05) is 11.6 Å². The van der Waals surface area contributed by atoms with E-state index in [2.05, 4.69) is 9.97 Å². The molecule has 0 aliphatic heterocycles. The first kappa shape index (κ1) is 10.6. The van der Waals surface area contributed by atoms with Gasteiger partial charge in [-0.3, -0.25) is 9.97 Å². The average molecular weight is 235 g/mol. The molecule has 5 heteroatoms. The highest BCUT2D eigenvalue weighted by Crippen LogP contribution is 2.22. The standard InChI is InChI=1S/C11H7ClN2O2/c12-9-4-7(3-8(5-9)11(15)16)10-6-13-1-2-14-10/h1-6H,(H,15,16). The van der Waals surface area contributed by atoms with Crippen LogP contribution in [0.25, 0.3) is 11.3 Å². The number of carboxylic acids is 1. The molecule has 0 unspecified atom stereocenters. The van der Waals surface area contributed by atoms with Gasteiger partial charge in [0.05, 0.1) is 17.5 Å². The maximum Gasteiger partial charge on any atom is 0.335 e. The smallest absolute Gasteiger partial charge is 0.335 e. The van der Waals surface area contributed by atoms with E-state index >= 15 is 0 Å². The lowest BCUT2D eigenvalue weighted by Crippen LogP contribution is -1.97. The van der Waals surface area contributed by atoms with Crippen molar-refractivity contribution in [1.29, 1.82) is 0 Å². The number of carboxylic acid groups (broad SMARTS) is 1. The fraction of sp³-hybridized carbons (Fsp3) is 0. The van der Waals surface area contributed by atoms with Crippen LogP contribution in [0.3, 0.4) is 0 Å². The Morgan fingerprint density at radius 2 is 2.06 bits per heavy atom. The van der Waals surface area contributed by atoms with Gasteiger partial charge in [0, 0.05) is 23.0 Å². The van der Waals surface area contributed by atoms with Crippen molar-refractivity contribution in [1.82, 2.24) is 9.97 Å². The number of hydrogen-bond donors (Lipinski definition) is 1. The van der Waals surface area contributed by atoms with Crippen LogP contribution < -0.4 is 0 Å². The number of aromatic carboxylic acids is 1. The van der Waals surface area contributed by atoms with Crippen LogP contribution in [0.1, 0.15) is 10.4 Å². The van der Waals surface area contributed by atoms with Crippen molar-refractivity contribution in [3.8, 4) is 11.3 Å². The van der Waals surface area contributed by atoms with Gasteiger partial charge < -0.3 is 5.11 Å². The molecule has 0 atom stereocenters. The highest BCUT2D eigenvalue weighted by Gasteiger charge is 2.08. The first-order valence-corrected chi connectivity index (χ1v) is 4.85. The molecule has 0 saturated heterocycles. The third-order valence-corrected chi connectivity index (χ3v) is 2.22. The summed E-state index contributed by atoms with van der Waals surface area (Å²) in [5.74, 6) is -1.02. The maximum atomic E-state index is 10.8. The average Bonchev–Trinajstić information content (AvgIpc) is 2.29. The zero-order valence-corrected chi connectivity index (χ0v) is 8.85. The Kier molecular flexibility index (Phi) is 2.83. The van der Waals surface area contributed by atoms with Crippen molar-refractivity contribution in [2.24, 2.45) is 0 Å². The van der Waals surface area contributed by atoms with Crippen molar-refractivity contribution in [2.75, 3.05) is 0 Å². The quantitative estimate of drug-likeness (QED) is 0.867. The zero-order valence-electron chi connectivity index (χ0n) is 8.09. The van der Waals surface area contributed by atoms with Gasteiger partial charge in [0.1, 0.15) is 0 Å². The summed E-state index contributed by atoms with van der Waals surface area (Å²) in [4.78, 5) is 18.8. The summed E-state index contributed by atoms with van der Waals surface area (Å²) in [7, 11) is 0. The van der Waals surface area contributed by atoms with Gasteiger partial charge in [-0.25, -0.2) is 4.79 Å². The van der Waals surface area contributed by atoms with Crippen molar-refractivity contribution in [3.05, 3.63) is 47.4 Å². The second kappa shape index (κ2) is 4.28. The second-order valence-electron chi connectivity index (χ2n) is 3.12. The molecule has 1 aromatic carbocycles. The van der Waals surface area contributed by atoms with Gasteiger partial charge in [-0.15, -0.1) is 0 Å². The lowest BCUT2D eigenvalue weighted by atomic mass is 10.1. The molecule has 1 N–H and O–H groups in total. The highest BCUT2D eigenvalue weighted by molar-refractivity contribution is 6.31. The van der Waals surface area contributed by atoms with Gasteiger partial charge >= 0.3 is 5.97 Å². The molecular weight excluding hydrogens is 228 g/mol. The third-order valence-electron chi connectivity index (χ3n) is 2.00. The number of hydrogen-bond acceptors (Lipinski definition) is 3. The number of rotatable bonds is 2. The SMILES string of the molecule is O=C(O)c1cc(Cl)cc(-c2cnccn2)c1. The maximum absolute atomic E-state index is 10.8. The molecule has 0 radical (unpaired) electrons. The number of nitrogens with zero attached hydrogens (tertiary/aromatic N) is 2. The predicted octanol–water partition coefficient (Wildman–Crippen LogP) is 2.50. The molecule has 80 valence electrons. The van der Waals surface area contributed by atoms with E-state index < -0.39 is 5.97 Å². The van der Waals surface area contributed by atoms with Crippen LogP contribution in [0.15, 0.2) is 36.8 Å². The largest absolute Gasteiger partial charge is 0.478 e. The molecule has 0 aliphatic rings. The van der Waals surface area contributed by atoms with Crippen LogP contribution in [-0.2, 0) is 0 Å². The topological polar surface area (TPSA) is 63.1 Å². The molecule has 4 nitrogen and oxygen atoms in total. The van der Waals surface area contributed by atoms with Crippen molar-refractivity contribution in [3.63, 3.8) is 0 Å². The molecule has 0 amide bonds. The van der Waals surface area contributed by atoms with E-state index in [1.807, 2.05) is 0 Å². The zero-order chi connectivity index (χ0) is 11.5. The van der Waals surface area contributed by atoms with Crippen LogP contribution >= 0.6 is 11.6 Å². The van der Waals surface area contributed by atoms with Gasteiger partial charge in [-0.05, 0) is 18.2 Å². The molecule has 0 spiro atoms. The lowest BCUT2D eigenvalue weighted by molar-refractivity contribution is 0.0697. The molecule has 1 heterocycles. The Bertz CT molecular complexity index is 529. The molecule has 0 bridgehead atoms. The number of aromatic nitrogens is 2. The Morgan fingerprint density at radius 1 is 1.25 bits per heavy atom. The minimum Gasteiger partial charge on any atom is -0.478 e. The van der Waals surface area contributed by atoms with E-state index in [0.29, 0.717) is 16.3 Å². The highest BCUT2D eigenvalue weighted by atomic mass is 35.5. The van der Waals surface area contributed by atoms with Crippen LogP contribution in [-0.4, -0.2) is 21.0 Å². The monoisotopic (exact) mass is 234 g/mol. The summed E-state index contributed by atoms with van der Waals surface area (Å²) in [6, 6.07) is 4.56. The number of benzene rings is 1. The van der Waals surface area contributed by atoms with Crippen LogP contribution in [0.5, 0.6) is 0 Å². The van der Waals surface area contributed by atoms with E-state index in [0.717, 1.165) is 0 Å². The molecule has 0 fully saturated rings. The minimum absolute atomic E-state index is 0.133. The molecule has 16 heavy (non-hydrogen) atoms. The molecule has 2 rings (SSSR count). The Hall–Kier alpha value is -1.94. The molecule has 0 aliphatic carbocycles. The fourth-order valence-electron chi connectivity index (χ4n) is 1.31. The van der Waals surface area contributed by atoms with E-state index in [4.69, 9.17) is 16.7 Å². The third kappa shape index (κ3) is 2.17. The Balaban J connectivity index is 2.54. The lowest BCUT2D eigenvalue weighted by Gasteiger charge is -2.02. The van der Waals surface area contributed by atoms with Crippen molar-refractivity contribution >= 4 is 17.6 Å². The van der Waals surface area contributed by atoms with Gasteiger partial charge in [-0.2, -0.15) is 0 Å². The van der Waals surface area contributed by atoms with Crippen LogP contribution in [0.2, 0.25) is 5.02 Å². The van der Waals surface area contributed by atoms with Gasteiger partial charge in [0.2, 0.25) is 0 Å². The van der Waals surface area contributed by atoms with Crippen LogP contribution in [0, 0.1) is 0 Å². The second-order valence-corrected chi connectivity index (χ2v) is 3.56. The Labute approximate surface area is 96.6 Å². The summed E-state index contributed by atoms with van der Waals surface area (Å²) < 4.78 is 0. The van der Waals surface area contributed by atoms with Crippen molar-refractivity contribution in [2.45, 2.75) is 0 Å². The Morgan fingerprint density at radius 3 is 2.69 bits per heavy atom. The van der Waals surface area contributed by atoms with Gasteiger partial charge in [0.25, 0.3) is 0 Å². The first-order valence-electron chi connectivity index (χ1n) is 4.47. The normalized spacial score (nSPS) is 10.1. The molecule has 1 aromatic heterocycles. The molecular formula is C11H7ClN2O2. The first-order chi connectivity index (χ1) is 7.66. The van der Waals surface area contributed by atoms with Crippen LogP contribution in [0.4, 0.5) is 0 Å². The summed E-state index contributed by atoms with van der Waals surface area (Å²) in [5, 5.41) is 9.25. The van der Waals surface area contributed by atoms with E-state index in [9.17, 15) is 4.79 Å². The van der Waals surface area contributed by atoms with E-state index in [1.54, 1.807) is 18.5 Å². The van der Waals surface area contributed by atoms with Gasteiger partial charge in [0.15, 0.2) is 0 Å². The summed E-state index contributed by atoms with van der Waals surface area (Å²) >= 11 is 5.83. The fourth-order valence-corrected chi connectivity index (χ4v) is 1.54. The molecule has 2 aromatic rings. The van der Waals surface area contributed by atoms with E-state index in [1.165, 1.54) is 18.3 Å². The summed E-state index contributed by atoms with van der Waals surface area (Å²) in [6.07, 6.45) is 4.64. The predicted molar refractivity (Wildman–Crippen MR) is 59.4 cm³/mol. The summed E-state index contributed by atoms with van der Waals surface area (Å²) in [5.41, 5.74) is 1.36. The minimum atomic E-state index is -1.02. The van der Waals surface area contributed by atoms with Crippen molar-refractivity contribution < 1.29 is 9.90 Å².